The Balaban J connectivity index is 2.13. The fourth-order valence-electron chi connectivity index (χ4n) is 6.89. The fourth-order valence-corrected chi connectivity index (χ4v) is 9.22. The first-order valence-electron chi connectivity index (χ1n) is 11.8. The molecule has 3 rings (SSSR count). The van der Waals surface area contributed by atoms with Crippen LogP contribution >= 0.6 is 11.8 Å². The highest BCUT2D eigenvalue weighted by Crippen LogP contribution is 2.71. The van der Waals surface area contributed by atoms with Crippen LogP contribution in [0.1, 0.15) is 67.7 Å². The van der Waals surface area contributed by atoms with E-state index in [1.165, 1.54) is 16.7 Å². The van der Waals surface area contributed by atoms with Crippen LogP contribution in [0.2, 0.25) is 0 Å². The summed E-state index contributed by atoms with van der Waals surface area (Å²) in [5.74, 6) is -3.08. The smallest absolute Gasteiger partial charge is 0.308 e. The first-order chi connectivity index (χ1) is 15.1. The van der Waals surface area contributed by atoms with Crippen LogP contribution in [0.25, 0.3) is 0 Å². The number of aliphatic hydroxyl groups excluding tert-OH is 1. The number of fused-ring (bicyclic) bond motifs is 1. The zero-order valence-corrected chi connectivity index (χ0v) is 21.9. The number of carbonyl (C=O) groups excluding carboxylic acids is 2. The molecule has 3 aliphatic rings. The summed E-state index contributed by atoms with van der Waals surface area (Å²) in [5.41, 5.74) is -0.539. The second kappa shape index (κ2) is 8.29. The first-order valence-corrected chi connectivity index (χ1v) is 12.7. The summed E-state index contributed by atoms with van der Waals surface area (Å²) in [5, 5.41) is 20.0. The number of hydrogen-bond acceptors (Lipinski definition) is 5. The molecule has 0 saturated carbocycles. The van der Waals surface area contributed by atoms with E-state index in [1.54, 1.807) is 13.0 Å². The van der Waals surface area contributed by atoms with E-state index in [0.717, 1.165) is 6.42 Å². The Kier molecular flexibility index (Phi) is 6.55. The molecule has 0 radical (unpaired) electrons. The van der Waals surface area contributed by atoms with Gasteiger partial charge in [0.1, 0.15) is 6.04 Å². The summed E-state index contributed by atoms with van der Waals surface area (Å²) < 4.78 is -1.38. The largest absolute Gasteiger partial charge is 0.481 e. The van der Waals surface area contributed by atoms with Crippen molar-refractivity contribution in [3.63, 3.8) is 0 Å². The number of aliphatic carboxylic acids is 1. The van der Waals surface area contributed by atoms with Crippen molar-refractivity contribution in [2.75, 3.05) is 13.2 Å². The van der Waals surface area contributed by atoms with Crippen molar-refractivity contribution in [1.29, 1.82) is 0 Å². The number of carboxylic acids is 1. The predicted octanol–water partition coefficient (Wildman–Crippen LogP) is 3.16. The molecule has 3 fully saturated rings. The summed E-state index contributed by atoms with van der Waals surface area (Å²) in [6, 6.07) is -1.39. The minimum absolute atomic E-state index is 0.0317. The molecule has 33 heavy (non-hydrogen) atoms. The molecule has 2 bridgehead atoms. The van der Waals surface area contributed by atoms with E-state index < -0.39 is 44.9 Å². The van der Waals surface area contributed by atoms with Gasteiger partial charge >= 0.3 is 5.97 Å². The van der Waals surface area contributed by atoms with Crippen LogP contribution in [-0.2, 0) is 14.4 Å². The molecular formula is C25H40N2O5S. The summed E-state index contributed by atoms with van der Waals surface area (Å²) in [6.07, 6.45) is 3.71. The van der Waals surface area contributed by atoms with Crippen LogP contribution in [0.15, 0.2) is 12.7 Å². The van der Waals surface area contributed by atoms with E-state index in [9.17, 15) is 24.6 Å². The molecule has 6 atom stereocenters. The van der Waals surface area contributed by atoms with Gasteiger partial charge in [-0.3, -0.25) is 14.4 Å². The van der Waals surface area contributed by atoms with Crippen molar-refractivity contribution in [2.24, 2.45) is 17.3 Å². The average Bonchev–Trinajstić information content (AvgIpc) is 3.23. The molecule has 0 aliphatic carbocycles. The third-order valence-electron chi connectivity index (χ3n) is 7.72. The Morgan fingerprint density at radius 3 is 2.39 bits per heavy atom. The maximum atomic E-state index is 14.4. The van der Waals surface area contributed by atoms with Crippen molar-refractivity contribution >= 4 is 29.5 Å². The van der Waals surface area contributed by atoms with E-state index in [4.69, 9.17) is 0 Å². The molecule has 186 valence electrons. The Morgan fingerprint density at radius 1 is 1.30 bits per heavy atom. The number of nitrogens with zero attached hydrogens (tertiary/aromatic N) is 2. The summed E-state index contributed by atoms with van der Waals surface area (Å²) in [4.78, 5) is 43.8. The van der Waals surface area contributed by atoms with E-state index in [2.05, 4.69) is 27.4 Å². The molecule has 7 nitrogen and oxygen atoms in total. The average molecular weight is 481 g/mol. The lowest BCUT2D eigenvalue weighted by Gasteiger charge is -2.46. The van der Waals surface area contributed by atoms with Gasteiger partial charge in [-0.1, -0.05) is 26.8 Å². The highest BCUT2D eigenvalue weighted by Gasteiger charge is 2.78. The van der Waals surface area contributed by atoms with Gasteiger partial charge in [0.2, 0.25) is 11.8 Å². The van der Waals surface area contributed by atoms with Gasteiger partial charge in [-0.2, -0.15) is 0 Å². The highest BCUT2D eigenvalue weighted by molar-refractivity contribution is 8.02. The number of thioether (sulfide) groups is 1. The summed E-state index contributed by atoms with van der Waals surface area (Å²) in [7, 11) is 0. The van der Waals surface area contributed by atoms with Crippen molar-refractivity contribution in [1.82, 2.24) is 9.80 Å². The molecular weight excluding hydrogens is 440 g/mol. The Bertz CT molecular complexity index is 852. The standard InChI is InChI=1S/C25H40N2O5S/c1-9-12-26(23(6,7)14-22(3,4)5)20(30)18-25-11-10-24(8,33-25)17(21(31)32)16(25)19(29)27(18)15(2)13-28/h9,15-18,28H,1,10-14H2,2-8H3,(H,31,32)/t15-,16+,17-,18?,24+,25?/m1/s1. The molecule has 0 aromatic heterocycles. The van der Waals surface area contributed by atoms with Gasteiger partial charge in [0, 0.05) is 16.8 Å². The molecule has 0 aromatic carbocycles. The predicted molar refractivity (Wildman–Crippen MR) is 130 cm³/mol. The zero-order valence-electron chi connectivity index (χ0n) is 21.1. The van der Waals surface area contributed by atoms with Crippen molar-refractivity contribution in [2.45, 2.75) is 94.8 Å². The lowest BCUT2D eigenvalue weighted by Crippen LogP contribution is -2.61. The van der Waals surface area contributed by atoms with Gasteiger partial charge in [-0.25, -0.2) is 0 Å². The maximum Gasteiger partial charge on any atom is 0.308 e. The van der Waals surface area contributed by atoms with Crippen LogP contribution in [0, 0.1) is 17.3 Å². The highest BCUT2D eigenvalue weighted by atomic mass is 32.2. The third kappa shape index (κ3) is 4.01. The van der Waals surface area contributed by atoms with Crippen molar-refractivity contribution in [3.05, 3.63) is 12.7 Å². The topological polar surface area (TPSA) is 98.2 Å². The molecule has 3 saturated heterocycles. The normalized spacial score (nSPS) is 34.4. The maximum absolute atomic E-state index is 14.4. The van der Waals surface area contributed by atoms with Crippen LogP contribution in [0.5, 0.6) is 0 Å². The molecule has 2 unspecified atom stereocenters. The van der Waals surface area contributed by atoms with Crippen LogP contribution in [0.3, 0.4) is 0 Å². The Labute approximate surface area is 202 Å². The zero-order chi connectivity index (χ0) is 25.1. The number of rotatable bonds is 8. The van der Waals surface area contributed by atoms with E-state index >= 15 is 0 Å². The van der Waals surface area contributed by atoms with Crippen LogP contribution in [-0.4, -0.2) is 78.1 Å². The molecule has 0 aromatic rings. The summed E-state index contributed by atoms with van der Waals surface area (Å²) >= 11 is 1.52. The number of hydrogen-bond donors (Lipinski definition) is 2. The number of carbonyl (C=O) groups is 3. The second-order valence-corrected chi connectivity index (χ2v) is 14.0. The van der Waals surface area contributed by atoms with Gasteiger partial charge in [0.15, 0.2) is 0 Å². The molecule has 2 amide bonds. The van der Waals surface area contributed by atoms with Gasteiger partial charge in [-0.05, 0) is 52.4 Å². The number of aliphatic hydroxyl groups is 1. The minimum atomic E-state index is -0.981. The second-order valence-electron chi connectivity index (χ2n) is 12.1. The van der Waals surface area contributed by atoms with Gasteiger partial charge in [0.05, 0.1) is 29.2 Å². The fraction of sp³-hybridized carbons (Fsp3) is 0.800. The lowest BCUT2D eigenvalue weighted by molar-refractivity contribution is -0.151. The number of amides is 2. The van der Waals surface area contributed by atoms with E-state index in [-0.39, 0.29) is 23.8 Å². The van der Waals surface area contributed by atoms with Crippen molar-refractivity contribution < 1.29 is 24.6 Å². The number of carboxylic acid groups (broad SMARTS) is 1. The lowest BCUT2D eigenvalue weighted by atomic mass is 9.66. The van der Waals surface area contributed by atoms with Crippen molar-refractivity contribution in [3.8, 4) is 0 Å². The summed E-state index contributed by atoms with van der Waals surface area (Å²) in [6.45, 7) is 18.0. The third-order valence-corrected chi connectivity index (χ3v) is 9.71. The molecule has 2 N–H and O–H groups in total. The Hall–Kier alpha value is -1.54. The van der Waals surface area contributed by atoms with Crippen LogP contribution in [0.4, 0.5) is 0 Å². The first kappa shape index (κ1) is 26.1. The number of likely N-dealkylation sites (tertiary alicyclic amines) is 1. The van der Waals surface area contributed by atoms with Crippen LogP contribution < -0.4 is 0 Å². The minimum Gasteiger partial charge on any atom is -0.481 e. The SMILES string of the molecule is C=CCN(C(=O)C1N([C@H](C)CO)C(=O)[C@@H]2[C@H](C(=O)O)[C@]3(C)CCC12S3)C(C)(C)CC(C)(C)C. The van der Waals surface area contributed by atoms with E-state index in [0.29, 0.717) is 19.4 Å². The molecule has 3 aliphatic heterocycles. The van der Waals surface area contributed by atoms with Gasteiger partial charge < -0.3 is 20.0 Å². The molecule has 1 spiro atoms. The quantitative estimate of drug-likeness (QED) is 0.518. The molecule has 8 heteroatoms. The molecule has 3 heterocycles. The van der Waals surface area contributed by atoms with Gasteiger partial charge in [-0.15, -0.1) is 18.3 Å². The monoisotopic (exact) mass is 480 g/mol. The van der Waals surface area contributed by atoms with E-state index in [1.807, 2.05) is 25.7 Å². The van der Waals surface area contributed by atoms with Gasteiger partial charge in [0.25, 0.3) is 0 Å². The Morgan fingerprint density at radius 2 is 1.91 bits per heavy atom.